The molecule has 0 bridgehead atoms. The summed E-state index contributed by atoms with van der Waals surface area (Å²) in [7, 11) is -2.52. The molecule has 0 N–H and O–H groups in total. The maximum Gasteiger partial charge on any atom is 4.00 e. The van der Waals surface area contributed by atoms with E-state index in [2.05, 4.69) is 49.0 Å². The van der Waals surface area contributed by atoms with Crippen LogP contribution in [0.4, 0.5) is 0 Å². The van der Waals surface area contributed by atoms with Crippen LogP contribution in [-0.2, 0) is 152 Å². The molecular formula is C24H56Mo3O8P4S8. The summed E-state index contributed by atoms with van der Waals surface area (Å²) in [5.74, 6) is 0. The minimum Gasteiger partial charge on any atom is -0.854 e. The third kappa shape index (κ3) is 34.1. The van der Waals surface area contributed by atoms with E-state index in [1.807, 2.05) is 111 Å². The van der Waals surface area contributed by atoms with Crippen LogP contribution >= 0.6 is 22.8 Å². The predicted octanol–water partition coefficient (Wildman–Crippen LogP) is 1.46. The summed E-state index contributed by atoms with van der Waals surface area (Å²) in [4.78, 5) is 88.6. The Morgan fingerprint density at radius 2 is 0.340 bits per heavy atom. The van der Waals surface area contributed by atoms with E-state index in [0.717, 1.165) is 0 Å². The van der Waals surface area contributed by atoms with E-state index in [-0.39, 0.29) is 105 Å². The summed E-state index contributed by atoms with van der Waals surface area (Å²) in [5, 5.41) is 1.19. The number of rotatable bonds is 8. The fraction of sp³-hybridized carbons (Fsp3) is 1.00. The zero-order chi connectivity index (χ0) is 36.9. The van der Waals surface area contributed by atoms with Crippen molar-refractivity contribution in [1.29, 1.82) is 0 Å². The molecule has 0 rings (SSSR count). The van der Waals surface area contributed by atoms with Gasteiger partial charge in [0.05, 0.1) is 0 Å². The van der Waals surface area contributed by atoms with Crippen molar-refractivity contribution in [3.8, 4) is 0 Å². The fourth-order valence-corrected chi connectivity index (χ4v) is 37.5. The molecule has 47 heavy (non-hydrogen) atoms. The van der Waals surface area contributed by atoms with Gasteiger partial charge in [0, 0.05) is 0 Å². The third-order valence-electron chi connectivity index (χ3n) is 4.90. The molecule has 0 spiro atoms. The molecule has 286 valence electrons. The van der Waals surface area contributed by atoms with Gasteiger partial charge in [0.2, 0.25) is 0 Å². The first kappa shape index (κ1) is 68.0. The van der Waals surface area contributed by atoms with Crippen LogP contribution in [0, 0.1) is 0 Å². The van der Waals surface area contributed by atoms with Gasteiger partial charge in [-0.25, -0.2) is 40.3 Å². The molecule has 0 radical (unpaired) electrons. The first-order valence-corrected chi connectivity index (χ1v) is 32.4. The Bertz CT molecular complexity index is 843. The second kappa shape index (κ2) is 31.3. The molecule has 8 nitrogen and oxygen atoms in total. The Morgan fingerprint density at radius 3 is 0.340 bits per heavy atom. The minimum atomic E-state index is -3.53. The van der Waals surface area contributed by atoms with Crippen LogP contribution in [0.2, 0.25) is 0 Å². The Kier molecular flexibility index (Phi) is 45.2. The quantitative estimate of drug-likeness (QED) is 0.194. The number of hydrogen-bond acceptors (Lipinski definition) is 12. The third-order valence-corrected chi connectivity index (χ3v) is 37.2. The van der Waals surface area contributed by atoms with Crippen molar-refractivity contribution >= 4 is 112 Å². The van der Waals surface area contributed by atoms with Gasteiger partial charge in [-0.15, -0.1) is 0 Å². The molecule has 0 aromatic carbocycles. The molecule has 0 aliphatic heterocycles. The maximum atomic E-state index is 11.1. The molecule has 0 aliphatic rings. The van der Waals surface area contributed by atoms with Crippen molar-refractivity contribution in [3.63, 3.8) is 0 Å². The summed E-state index contributed by atoms with van der Waals surface area (Å²) in [6.45, 7) is 30.4. The van der Waals surface area contributed by atoms with Gasteiger partial charge in [-0.3, -0.25) is 0 Å². The molecule has 0 unspecified atom stereocenters. The SMILES string of the molecule is CC(C)S(C(C)C)=P([O-])([O-])[S-].CC(C)S(C(C)C)=P([O-])([O-])[S-].CC(C)S(C(C)C)=P([O-])([O-])[S-].CC(C)S(C(C)C)=P([O-])([O-])[S-].[Mo+4].[Mo+4].[Mo+4]. The molecule has 0 heterocycles. The molecule has 0 aromatic rings. The predicted molar refractivity (Wildman–Crippen MR) is 208 cm³/mol. The maximum absolute atomic E-state index is 11.1. The molecular weight excluding hydrogens is 1080 g/mol. The van der Waals surface area contributed by atoms with Crippen molar-refractivity contribution in [2.75, 3.05) is 0 Å². The Hall–Kier alpha value is 6.26. The van der Waals surface area contributed by atoms with Crippen LogP contribution in [0.5, 0.6) is 0 Å². The van der Waals surface area contributed by atoms with Gasteiger partial charge in [-0.2, -0.15) is 0 Å². The van der Waals surface area contributed by atoms with Gasteiger partial charge in [-0.1, -0.05) is 111 Å². The zero-order valence-electron chi connectivity index (χ0n) is 30.2. The summed E-state index contributed by atoms with van der Waals surface area (Å²) < 4.78 is 0. The van der Waals surface area contributed by atoms with E-state index < -0.39 is 63.1 Å². The van der Waals surface area contributed by atoms with E-state index in [9.17, 15) is 39.1 Å². The van der Waals surface area contributed by atoms with Crippen molar-refractivity contribution in [1.82, 2.24) is 0 Å². The Balaban J connectivity index is -0.0000000889. The van der Waals surface area contributed by atoms with Gasteiger partial charge < -0.3 is 111 Å². The van der Waals surface area contributed by atoms with E-state index in [1.165, 1.54) is 0 Å². The summed E-state index contributed by atoms with van der Waals surface area (Å²) in [6.07, 6.45) is 0. The first-order chi connectivity index (χ1) is 19.1. The van der Waals surface area contributed by atoms with Crippen molar-refractivity contribution in [3.05, 3.63) is 0 Å². The second-order valence-electron chi connectivity index (χ2n) is 11.6. The van der Waals surface area contributed by atoms with Gasteiger partial charge >= 0.3 is 63.2 Å². The van der Waals surface area contributed by atoms with Crippen molar-refractivity contribution < 1.29 is 102 Å². The van der Waals surface area contributed by atoms with Crippen LogP contribution in [-0.4, -0.2) is 42.0 Å². The topological polar surface area (TPSA) is 184 Å². The average molecular weight is 1140 g/mol. The smallest absolute Gasteiger partial charge is 0.854 e. The van der Waals surface area contributed by atoms with Crippen LogP contribution in [0.1, 0.15) is 111 Å². The Labute approximate surface area is 362 Å². The van der Waals surface area contributed by atoms with E-state index >= 15 is 0 Å². The second-order valence-corrected chi connectivity index (χ2v) is 44.8. The van der Waals surface area contributed by atoms with Gasteiger partial charge in [-0.05, 0) is 42.0 Å². The average Bonchev–Trinajstić information content (AvgIpc) is 2.60. The van der Waals surface area contributed by atoms with E-state index in [1.54, 1.807) is 0 Å². The largest absolute Gasteiger partial charge is 4.00 e. The molecule has 0 atom stereocenters. The number of hydrogen-bond donors (Lipinski definition) is 0. The van der Waals surface area contributed by atoms with Crippen LogP contribution in [0.3, 0.4) is 0 Å². The normalized spacial score (nSPS) is 12.8. The first-order valence-electron chi connectivity index (χ1n) is 14.0. The standard InChI is InChI=1S/4C6H14O2PS2.3Mo/c4*1-5(2)11(6(3)4)9(7,8)10;;;/h4*5-6H,1-4H3;;;/q4*-3;3*+4. The minimum absolute atomic E-state index is 0. The summed E-state index contributed by atoms with van der Waals surface area (Å²) in [5.41, 5.74) is -14.1. The van der Waals surface area contributed by atoms with Crippen molar-refractivity contribution in [2.24, 2.45) is 0 Å². The van der Waals surface area contributed by atoms with Gasteiger partial charge in [0.1, 0.15) is 0 Å². The molecule has 0 amide bonds. The van der Waals surface area contributed by atoms with Gasteiger partial charge in [0.25, 0.3) is 0 Å². The molecule has 0 aliphatic carbocycles. The molecule has 0 fully saturated rings. The molecule has 0 saturated carbocycles. The van der Waals surface area contributed by atoms with Crippen LogP contribution in [0.15, 0.2) is 0 Å². The summed E-state index contributed by atoms with van der Waals surface area (Å²) >= 11 is 17.9. The molecule has 0 aromatic heterocycles. The van der Waals surface area contributed by atoms with Crippen LogP contribution < -0.4 is 39.1 Å². The van der Waals surface area contributed by atoms with Crippen LogP contribution in [0.25, 0.3) is 0 Å². The summed E-state index contributed by atoms with van der Waals surface area (Å²) in [6, 6.07) is 0. The molecule has 23 heteroatoms. The molecule has 0 saturated heterocycles. The fourth-order valence-electron chi connectivity index (χ4n) is 4.24. The van der Waals surface area contributed by atoms with Gasteiger partial charge in [0.15, 0.2) is 0 Å². The zero-order valence-corrected chi connectivity index (χ0v) is 46.3. The van der Waals surface area contributed by atoms with E-state index in [4.69, 9.17) is 0 Å². The van der Waals surface area contributed by atoms with E-state index in [0.29, 0.717) is 0 Å². The Morgan fingerprint density at radius 1 is 0.277 bits per heavy atom. The van der Waals surface area contributed by atoms with Crippen molar-refractivity contribution in [2.45, 2.75) is 153 Å². The monoisotopic (exact) mass is 1150 g/mol.